The molecule has 0 unspecified atom stereocenters. The van der Waals surface area contributed by atoms with Crippen molar-refractivity contribution in [1.29, 1.82) is 0 Å². The fourth-order valence-corrected chi connectivity index (χ4v) is 5.88. The molecule has 1 heterocycles. The van der Waals surface area contributed by atoms with Crippen molar-refractivity contribution in [2.75, 3.05) is 13.2 Å². The van der Waals surface area contributed by atoms with Crippen LogP contribution in [0.4, 0.5) is 0 Å². The minimum Gasteiger partial charge on any atom is -0.394 e. The standard InChI is InChI=1S/C32H28Cl2N2O3/c33-23-15-16-26(27(34)19-23)30-29(31(38)35-18-17-21-9-3-1-4-10-21)24-13-7-8-14-25(24)32(39)36(30)28(20-37)22-11-5-2-6-12-22/h1-16,19,28-30,37H,17-18,20H2,(H,35,38)/t28-,29+,30-/m1/s1. The molecule has 0 saturated carbocycles. The maximum Gasteiger partial charge on any atom is 0.255 e. The monoisotopic (exact) mass is 558 g/mol. The van der Waals surface area contributed by atoms with Crippen LogP contribution in [0.15, 0.2) is 103 Å². The lowest BCUT2D eigenvalue weighted by atomic mass is 9.78. The minimum atomic E-state index is -0.786. The van der Waals surface area contributed by atoms with Crippen LogP contribution in [0.5, 0.6) is 0 Å². The lowest BCUT2D eigenvalue weighted by Gasteiger charge is -2.45. The zero-order valence-electron chi connectivity index (χ0n) is 21.1. The molecule has 0 saturated heterocycles. The first-order valence-corrected chi connectivity index (χ1v) is 13.6. The Kier molecular flexibility index (Phi) is 8.32. The van der Waals surface area contributed by atoms with E-state index in [4.69, 9.17) is 23.2 Å². The van der Waals surface area contributed by atoms with Crippen molar-refractivity contribution in [2.45, 2.75) is 24.4 Å². The number of benzene rings is 4. The molecule has 1 aliphatic heterocycles. The van der Waals surface area contributed by atoms with E-state index in [-0.39, 0.29) is 18.4 Å². The van der Waals surface area contributed by atoms with Gasteiger partial charge in [-0.15, -0.1) is 0 Å². The lowest BCUT2D eigenvalue weighted by molar-refractivity contribution is -0.124. The highest BCUT2D eigenvalue weighted by molar-refractivity contribution is 6.35. The van der Waals surface area contributed by atoms with Crippen LogP contribution in [0.25, 0.3) is 0 Å². The van der Waals surface area contributed by atoms with E-state index in [0.29, 0.717) is 39.7 Å². The highest BCUT2D eigenvalue weighted by atomic mass is 35.5. The summed E-state index contributed by atoms with van der Waals surface area (Å²) in [6.45, 7) is 0.0978. The van der Waals surface area contributed by atoms with Crippen LogP contribution >= 0.6 is 23.2 Å². The molecule has 4 aromatic rings. The Balaban J connectivity index is 1.62. The topological polar surface area (TPSA) is 69.6 Å². The molecule has 7 heteroatoms. The average molecular weight is 559 g/mol. The van der Waals surface area contributed by atoms with Gasteiger partial charge in [-0.05, 0) is 46.9 Å². The predicted molar refractivity (Wildman–Crippen MR) is 154 cm³/mol. The number of aliphatic hydroxyl groups is 1. The summed E-state index contributed by atoms with van der Waals surface area (Å²) in [5, 5.41) is 14.5. The number of carbonyl (C=O) groups excluding carboxylic acids is 2. The van der Waals surface area contributed by atoms with Crippen molar-refractivity contribution in [3.63, 3.8) is 0 Å². The first-order valence-electron chi connectivity index (χ1n) is 12.8. The van der Waals surface area contributed by atoms with Gasteiger partial charge in [0.1, 0.15) is 0 Å². The molecule has 0 bridgehead atoms. The molecule has 5 nitrogen and oxygen atoms in total. The summed E-state index contributed by atoms with van der Waals surface area (Å²) in [4.78, 5) is 29.8. The van der Waals surface area contributed by atoms with Crippen molar-refractivity contribution in [1.82, 2.24) is 10.2 Å². The molecule has 198 valence electrons. The molecule has 1 aliphatic rings. The Labute approximate surface area is 238 Å². The second-order valence-corrected chi connectivity index (χ2v) is 10.4. The zero-order chi connectivity index (χ0) is 27.4. The van der Waals surface area contributed by atoms with Crippen molar-refractivity contribution in [3.05, 3.63) is 141 Å². The third-order valence-electron chi connectivity index (χ3n) is 7.19. The Morgan fingerprint density at radius 3 is 2.23 bits per heavy atom. The Morgan fingerprint density at radius 2 is 1.54 bits per heavy atom. The Hall–Kier alpha value is -3.64. The van der Waals surface area contributed by atoms with Crippen LogP contribution in [0, 0.1) is 0 Å². The number of hydrogen-bond donors (Lipinski definition) is 2. The third kappa shape index (κ3) is 5.57. The summed E-state index contributed by atoms with van der Waals surface area (Å²) in [7, 11) is 0. The summed E-state index contributed by atoms with van der Waals surface area (Å²) in [6.07, 6.45) is 0.666. The van der Waals surface area contributed by atoms with Gasteiger partial charge in [0.25, 0.3) is 5.91 Å². The SMILES string of the molecule is O=C(NCCc1ccccc1)[C@H]1c2ccccc2C(=O)N([C@H](CO)c2ccccc2)[C@@H]1c1ccc(Cl)cc1Cl. The van der Waals surface area contributed by atoms with E-state index in [0.717, 1.165) is 11.1 Å². The summed E-state index contributed by atoms with van der Waals surface area (Å²) in [6, 6.07) is 30.0. The molecular weight excluding hydrogens is 531 g/mol. The van der Waals surface area contributed by atoms with E-state index >= 15 is 0 Å². The van der Waals surface area contributed by atoms with Crippen LogP contribution in [-0.2, 0) is 11.2 Å². The predicted octanol–water partition coefficient (Wildman–Crippen LogP) is 6.37. The van der Waals surface area contributed by atoms with Gasteiger partial charge in [-0.1, -0.05) is 108 Å². The van der Waals surface area contributed by atoms with Gasteiger partial charge < -0.3 is 15.3 Å². The van der Waals surface area contributed by atoms with Gasteiger partial charge in [-0.2, -0.15) is 0 Å². The summed E-state index contributed by atoms with van der Waals surface area (Å²) >= 11 is 13.0. The van der Waals surface area contributed by atoms with Gasteiger partial charge in [0, 0.05) is 22.2 Å². The number of nitrogens with zero attached hydrogens (tertiary/aromatic N) is 1. The molecule has 39 heavy (non-hydrogen) atoms. The van der Waals surface area contributed by atoms with E-state index < -0.39 is 18.0 Å². The fourth-order valence-electron chi connectivity index (χ4n) is 5.36. The van der Waals surface area contributed by atoms with Gasteiger partial charge in [-0.3, -0.25) is 9.59 Å². The highest BCUT2D eigenvalue weighted by Gasteiger charge is 2.47. The molecule has 0 spiro atoms. The van der Waals surface area contributed by atoms with E-state index in [2.05, 4.69) is 5.32 Å². The van der Waals surface area contributed by atoms with Crippen molar-refractivity contribution in [2.24, 2.45) is 0 Å². The summed E-state index contributed by atoms with van der Waals surface area (Å²) < 4.78 is 0. The van der Waals surface area contributed by atoms with Crippen LogP contribution in [0.3, 0.4) is 0 Å². The van der Waals surface area contributed by atoms with Gasteiger partial charge in [0.2, 0.25) is 5.91 Å². The number of halogens is 2. The molecule has 5 rings (SSSR count). The van der Waals surface area contributed by atoms with E-state index in [1.165, 1.54) is 0 Å². The first kappa shape index (κ1) is 26.9. The van der Waals surface area contributed by atoms with Gasteiger partial charge in [0.05, 0.1) is 24.6 Å². The number of aliphatic hydroxyl groups excluding tert-OH is 1. The molecule has 3 atom stereocenters. The zero-order valence-corrected chi connectivity index (χ0v) is 22.6. The summed E-state index contributed by atoms with van der Waals surface area (Å²) in [5.41, 5.74) is 3.50. The molecule has 2 N–H and O–H groups in total. The molecule has 0 radical (unpaired) electrons. The number of fused-ring (bicyclic) bond motifs is 1. The number of carbonyl (C=O) groups is 2. The van der Waals surface area contributed by atoms with Crippen molar-refractivity contribution < 1.29 is 14.7 Å². The molecule has 4 aromatic carbocycles. The normalized spacial score (nSPS) is 17.4. The third-order valence-corrected chi connectivity index (χ3v) is 7.75. The van der Waals surface area contributed by atoms with E-state index in [9.17, 15) is 14.7 Å². The second kappa shape index (κ2) is 12.0. The van der Waals surface area contributed by atoms with E-state index in [1.807, 2.05) is 72.8 Å². The average Bonchev–Trinajstić information content (AvgIpc) is 2.96. The van der Waals surface area contributed by atoms with Crippen LogP contribution < -0.4 is 5.32 Å². The van der Waals surface area contributed by atoms with Crippen LogP contribution in [0.2, 0.25) is 10.0 Å². The molecule has 2 amide bonds. The fraction of sp³-hybridized carbons (Fsp3) is 0.188. The first-order chi connectivity index (χ1) is 19.0. The largest absolute Gasteiger partial charge is 0.394 e. The van der Waals surface area contributed by atoms with Crippen molar-refractivity contribution >= 4 is 35.0 Å². The highest BCUT2D eigenvalue weighted by Crippen LogP contribution is 2.48. The lowest BCUT2D eigenvalue weighted by Crippen LogP contribution is -2.49. The second-order valence-electron chi connectivity index (χ2n) is 9.52. The Bertz CT molecular complexity index is 1460. The molecule has 0 fully saturated rings. The van der Waals surface area contributed by atoms with Gasteiger partial charge >= 0.3 is 0 Å². The molecular formula is C32H28Cl2N2O3. The number of amides is 2. The number of hydrogen-bond acceptors (Lipinski definition) is 3. The van der Waals surface area contributed by atoms with Crippen LogP contribution in [-0.4, -0.2) is 35.0 Å². The maximum absolute atomic E-state index is 14.1. The smallest absolute Gasteiger partial charge is 0.255 e. The van der Waals surface area contributed by atoms with E-state index in [1.54, 1.807) is 35.2 Å². The van der Waals surface area contributed by atoms with Gasteiger partial charge in [-0.25, -0.2) is 0 Å². The quantitative estimate of drug-likeness (QED) is 0.264. The van der Waals surface area contributed by atoms with Crippen molar-refractivity contribution in [3.8, 4) is 0 Å². The maximum atomic E-state index is 14.1. The summed E-state index contributed by atoms with van der Waals surface area (Å²) in [5.74, 6) is -1.28. The van der Waals surface area contributed by atoms with Gasteiger partial charge in [0.15, 0.2) is 0 Å². The Morgan fingerprint density at radius 1 is 0.872 bits per heavy atom. The minimum absolute atomic E-state index is 0.225. The van der Waals surface area contributed by atoms with Crippen LogP contribution in [0.1, 0.15) is 50.6 Å². The number of rotatable bonds is 8. The molecule has 0 aromatic heterocycles. The number of nitrogens with one attached hydrogen (secondary N) is 1. The molecule has 0 aliphatic carbocycles.